The molecule has 0 bridgehead atoms. The van der Waals surface area contributed by atoms with Crippen LogP contribution in [0, 0.1) is 0 Å². The second-order valence-corrected chi connectivity index (χ2v) is 10.4. The van der Waals surface area contributed by atoms with Crippen LogP contribution in [-0.2, 0) is 5.41 Å². The number of fused-ring (bicyclic) bond motifs is 5. The fraction of sp³-hybridized carbons (Fsp3) is 0.135. The molecular formula is C37H30O4. The van der Waals surface area contributed by atoms with Crippen molar-refractivity contribution in [1.82, 2.24) is 0 Å². The van der Waals surface area contributed by atoms with Gasteiger partial charge in [0.2, 0.25) is 0 Å². The highest BCUT2D eigenvalue weighted by Crippen LogP contribution is 2.57. The summed E-state index contributed by atoms with van der Waals surface area (Å²) in [7, 11) is 0. The molecule has 0 saturated heterocycles. The summed E-state index contributed by atoms with van der Waals surface area (Å²) < 4.78 is 11.5. The first-order valence-electron chi connectivity index (χ1n) is 14.0. The van der Waals surface area contributed by atoms with E-state index in [1.807, 2.05) is 24.3 Å². The standard InChI is InChI=1S/C37H30O4/c38-17-19-40-31-13-9-29(10-14-31)37(30-11-15-32(16-12-30)41-20-18-39)35-23-27-7-3-1-5-25(27)21-33(35)34-22-26-6-2-4-8-28(26)24-36(34)37/h1-16,21-24,38-39H,17-20H2. The fourth-order valence-electron chi connectivity index (χ4n) is 6.41. The van der Waals surface area contributed by atoms with E-state index in [0.29, 0.717) is 0 Å². The zero-order valence-corrected chi connectivity index (χ0v) is 22.6. The number of hydrogen-bond acceptors (Lipinski definition) is 4. The average Bonchev–Trinajstić information content (AvgIpc) is 3.30. The molecule has 0 heterocycles. The first kappa shape index (κ1) is 25.3. The Hall–Kier alpha value is -4.64. The van der Waals surface area contributed by atoms with Gasteiger partial charge in [0.1, 0.15) is 24.7 Å². The minimum absolute atomic E-state index is 0.0305. The van der Waals surface area contributed by atoms with E-state index < -0.39 is 5.41 Å². The van der Waals surface area contributed by atoms with Crippen LogP contribution >= 0.6 is 0 Å². The van der Waals surface area contributed by atoms with Gasteiger partial charge in [0.15, 0.2) is 0 Å². The summed E-state index contributed by atoms with van der Waals surface area (Å²) in [4.78, 5) is 0. The lowest BCUT2D eigenvalue weighted by Gasteiger charge is -2.34. The highest BCUT2D eigenvalue weighted by atomic mass is 16.5. The monoisotopic (exact) mass is 538 g/mol. The van der Waals surface area contributed by atoms with Crippen LogP contribution in [0.3, 0.4) is 0 Å². The molecule has 0 amide bonds. The number of aliphatic hydroxyl groups excluding tert-OH is 2. The van der Waals surface area contributed by atoms with Gasteiger partial charge in [-0.05, 0) is 103 Å². The Bertz CT molecular complexity index is 1720. The SMILES string of the molecule is OCCOc1ccc(C2(c3ccc(OCCO)cc3)c3cc4ccccc4cc3-c3cc4ccccc4cc32)cc1. The van der Waals surface area contributed by atoms with Gasteiger partial charge in [-0.2, -0.15) is 0 Å². The number of hydrogen-bond donors (Lipinski definition) is 2. The van der Waals surface area contributed by atoms with Gasteiger partial charge < -0.3 is 19.7 Å². The van der Waals surface area contributed by atoms with Gasteiger partial charge in [0.05, 0.1) is 18.6 Å². The predicted molar refractivity (Wildman–Crippen MR) is 164 cm³/mol. The maximum Gasteiger partial charge on any atom is 0.119 e. The van der Waals surface area contributed by atoms with Crippen LogP contribution in [0.5, 0.6) is 11.5 Å². The third kappa shape index (κ3) is 4.15. The first-order valence-corrected chi connectivity index (χ1v) is 14.0. The van der Waals surface area contributed by atoms with Crippen molar-refractivity contribution in [2.75, 3.05) is 26.4 Å². The van der Waals surface area contributed by atoms with Crippen LogP contribution in [0.1, 0.15) is 22.3 Å². The topological polar surface area (TPSA) is 58.9 Å². The molecule has 0 atom stereocenters. The van der Waals surface area contributed by atoms with Crippen molar-refractivity contribution in [2.45, 2.75) is 5.41 Å². The lowest BCUT2D eigenvalue weighted by Crippen LogP contribution is -2.28. The minimum atomic E-state index is -0.594. The summed E-state index contributed by atoms with van der Waals surface area (Å²) in [6.07, 6.45) is 0. The molecule has 0 aromatic heterocycles. The van der Waals surface area contributed by atoms with E-state index in [9.17, 15) is 10.2 Å². The zero-order valence-electron chi connectivity index (χ0n) is 22.6. The van der Waals surface area contributed by atoms with Gasteiger partial charge in [0, 0.05) is 0 Å². The second kappa shape index (κ2) is 10.4. The molecule has 1 aliphatic carbocycles. The summed E-state index contributed by atoms with van der Waals surface area (Å²) >= 11 is 0. The van der Waals surface area contributed by atoms with Crippen molar-refractivity contribution in [3.63, 3.8) is 0 Å². The van der Waals surface area contributed by atoms with Crippen molar-refractivity contribution in [1.29, 1.82) is 0 Å². The predicted octanol–water partition coefficient (Wildman–Crippen LogP) is 7.10. The summed E-state index contributed by atoms with van der Waals surface area (Å²) in [5.74, 6) is 1.45. The average molecular weight is 539 g/mol. The van der Waals surface area contributed by atoms with E-state index in [0.717, 1.165) is 22.6 Å². The van der Waals surface area contributed by atoms with Crippen LogP contribution in [0.4, 0.5) is 0 Å². The highest BCUT2D eigenvalue weighted by Gasteiger charge is 2.46. The molecule has 0 fully saturated rings. The Morgan fingerprint density at radius 3 is 1.20 bits per heavy atom. The number of rotatable bonds is 8. The Morgan fingerprint density at radius 2 is 0.829 bits per heavy atom. The largest absolute Gasteiger partial charge is 0.491 e. The van der Waals surface area contributed by atoms with Gasteiger partial charge in [-0.25, -0.2) is 0 Å². The lowest BCUT2D eigenvalue weighted by atomic mass is 9.67. The molecule has 4 heteroatoms. The first-order chi connectivity index (χ1) is 20.2. The molecule has 1 aliphatic rings. The van der Waals surface area contributed by atoms with Gasteiger partial charge in [-0.3, -0.25) is 0 Å². The van der Waals surface area contributed by atoms with E-state index in [4.69, 9.17) is 9.47 Å². The molecule has 0 radical (unpaired) electrons. The van der Waals surface area contributed by atoms with Crippen LogP contribution in [0.15, 0.2) is 121 Å². The molecular weight excluding hydrogens is 508 g/mol. The van der Waals surface area contributed by atoms with Crippen molar-refractivity contribution in [2.24, 2.45) is 0 Å². The number of aliphatic hydroxyl groups is 2. The van der Waals surface area contributed by atoms with Crippen LogP contribution in [0.25, 0.3) is 32.7 Å². The van der Waals surface area contributed by atoms with Crippen molar-refractivity contribution in [3.8, 4) is 22.6 Å². The summed E-state index contributed by atoms with van der Waals surface area (Å²) in [5, 5.41) is 23.3. The molecule has 7 rings (SSSR count). The molecule has 6 aromatic carbocycles. The minimum Gasteiger partial charge on any atom is -0.491 e. The van der Waals surface area contributed by atoms with Gasteiger partial charge in [-0.1, -0.05) is 72.8 Å². The molecule has 41 heavy (non-hydrogen) atoms. The van der Waals surface area contributed by atoms with Crippen molar-refractivity contribution < 1.29 is 19.7 Å². The molecule has 0 aliphatic heterocycles. The van der Waals surface area contributed by atoms with Crippen molar-refractivity contribution in [3.05, 3.63) is 144 Å². The molecule has 0 unspecified atom stereocenters. The summed E-state index contributed by atoms with van der Waals surface area (Å²) in [5.41, 5.74) is 6.58. The maximum absolute atomic E-state index is 9.26. The Labute approximate surface area is 239 Å². The third-order valence-electron chi connectivity index (χ3n) is 8.16. The smallest absolute Gasteiger partial charge is 0.119 e. The molecule has 202 valence electrons. The quantitative estimate of drug-likeness (QED) is 0.217. The Morgan fingerprint density at radius 1 is 0.463 bits per heavy atom. The second-order valence-electron chi connectivity index (χ2n) is 10.4. The molecule has 0 saturated carbocycles. The van der Waals surface area contributed by atoms with E-state index >= 15 is 0 Å². The fourth-order valence-corrected chi connectivity index (χ4v) is 6.41. The lowest BCUT2D eigenvalue weighted by molar-refractivity contribution is 0.201. The molecule has 6 aromatic rings. The molecule has 2 N–H and O–H groups in total. The third-order valence-corrected chi connectivity index (χ3v) is 8.16. The van der Waals surface area contributed by atoms with E-state index in [-0.39, 0.29) is 26.4 Å². The Balaban J connectivity index is 1.55. The highest BCUT2D eigenvalue weighted by molar-refractivity contribution is 6.00. The summed E-state index contributed by atoms with van der Waals surface area (Å²) in [6.45, 7) is 0.446. The maximum atomic E-state index is 9.26. The van der Waals surface area contributed by atoms with Gasteiger partial charge in [-0.15, -0.1) is 0 Å². The van der Waals surface area contributed by atoms with Crippen LogP contribution < -0.4 is 9.47 Å². The van der Waals surface area contributed by atoms with E-state index in [1.54, 1.807) is 0 Å². The van der Waals surface area contributed by atoms with E-state index in [2.05, 4.69) is 97.1 Å². The van der Waals surface area contributed by atoms with Crippen LogP contribution in [-0.4, -0.2) is 36.6 Å². The van der Waals surface area contributed by atoms with E-state index in [1.165, 1.54) is 43.8 Å². The summed E-state index contributed by atoms with van der Waals surface area (Å²) in [6, 6.07) is 43.0. The normalized spacial score (nSPS) is 13.2. The molecule has 0 spiro atoms. The molecule has 4 nitrogen and oxygen atoms in total. The van der Waals surface area contributed by atoms with Gasteiger partial charge in [0.25, 0.3) is 0 Å². The van der Waals surface area contributed by atoms with Gasteiger partial charge >= 0.3 is 0 Å². The van der Waals surface area contributed by atoms with Crippen molar-refractivity contribution >= 4 is 21.5 Å². The zero-order chi connectivity index (χ0) is 27.8. The number of benzene rings is 6. The Kier molecular flexibility index (Phi) is 6.43. The number of ether oxygens (including phenoxy) is 2. The van der Waals surface area contributed by atoms with Crippen LogP contribution in [0.2, 0.25) is 0 Å².